The number of H-pyrrole nitrogens is 1. The zero-order valence-corrected chi connectivity index (χ0v) is 7.74. The van der Waals surface area contributed by atoms with Crippen molar-refractivity contribution in [2.75, 3.05) is 0 Å². The van der Waals surface area contributed by atoms with Crippen LogP contribution >= 0.6 is 0 Å². The molecule has 0 radical (unpaired) electrons. The summed E-state index contributed by atoms with van der Waals surface area (Å²) in [6.07, 6.45) is 0.638. The van der Waals surface area contributed by atoms with Gasteiger partial charge in [0.05, 0.1) is 5.39 Å². The molecule has 0 aliphatic heterocycles. The molecular formula is C10H10N2O2. The topological polar surface area (TPSA) is 66.0 Å². The highest BCUT2D eigenvalue weighted by molar-refractivity contribution is 5.83. The molecule has 4 nitrogen and oxygen atoms in total. The van der Waals surface area contributed by atoms with Crippen molar-refractivity contribution in [2.45, 2.75) is 13.3 Å². The van der Waals surface area contributed by atoms with Gasteiger partial charge in [0, 0.05) is 6.42 Å². The Morgan fingerprint density at radius 2 is 2.29 bits per heavy atom. The molecule has 1 aromatic carbocycles. The molecule has 0 unspecified atom stereocenters. The lowest BCUT2D eigenvalue weighted by atomic mass is 10.2. The van der Waals surface area contributed by atoms with Crippen molar-refractivity contribution in [1.82, 2.24) is 9.97 Å². The average molecular weight is 190 g/mol. The predicted octanol–water partition coefficient (Wildman–Crippen LogP) is 1.19. The Morgan fingerprint density at radius 1 is 1.50 bits per heavy atom. The smallest absolute Gasteiger partial charge is 0.258 e. The van der Waals surface area contributed by atoms with Gasteiger partial charge in [0.25, 0.3) is 5.56 Å². The second kappa shape index (κ2) is 3.14. The number of phenolic OH excluding ortho intramolecular Hbond substituents is 1. The standard InChI is InChI=1S/C10H10N2O2/c1-2-8-11-9-6(10(14)12-8)4-3-5-7(9)13/h3-5,13H,2H2,1H3,(H,11,12,14). The van der Waals surface area contributed by atoms with E-state index < -0.39 is 0 Å². The van der Waals surface area contributed by atoms with E-state index >= 15 is 0 Å². The fourth-order valence-electron chi connectivity index (χ4n) is 1.36. The molecule has 0 spiro atoms. The van der Waals surface area contributed by atoms with Crippen LogP contribution < -0.4 is 5.56 Å². The highest BCUT2D eigenvalue weighted by Crippen LogP contribution is 2.18. The fourth-order valence-corrected chi connectivity index (χ4v) is 1.36. The summed E-state index contributed by atoms with van der Waals surface area (Å²) in [7, 11) is 0. The van der Waals surface area contributed by atoms with Crippen LogP contribution in [0.15, 0.2) is 23.0 Å². The summed E-state index contributed by atoms with van der Waals surface area (Å²) in [5.41, 5.74) is 0.163. The van der Waals surface area contributed by atoms with Crippen molar-refractivity contribution in [3.8, 4) is 5.75 Å². The monoisotopic (exact) mass is 190 g/mol. The van der Waals surface area contributed by atoms with Gasteiger partial charge in [0.1, 0.15) is 17.1 Å². The number of nitrogens with zero attached hydrogens (tertiary/aromatic N) is 1. The van der Waals surface area contributed by atoms with Gasteiger partial charge in [-0.05, 0) is 12.1 Å². The Morgan fingerprint density at radius 3 is 3.00 bits per heavy atom. The molecular weight excluding hydrogens is 180 g/mol. The molecule has 0 aliphatic carbocycles. The van der Waals surface area contributed by atoms with Crippen molar-refractivity contribution < 1.29 is 5.11 Å². The summed E-state index contributed by atoms with van der Waals surface area (Å²) < 4.78 is 0. The van der Waals surface area contributed by atoms with Crippen LogP contribution in [0.4, 0.5) is 0 Å². The van der Waals surface area contributed by atoms with Gasteiger partial charge >= 0.3 is 0 Å². The number of para-hydroxylation sites is 1. The zero-order valence-electron chi connectivity index (χ0n) is 7.74. The molecule has 0 saturated heterocycles. The van der Waals surface area contributed by atoms with Crippen molar-refractivity contribution in [1.29, 1.82) is 0 Å². The van der Waals surface area contributed by atoms with Gasteiger partial charge in [-0.1, -0.05) is 13.0 Å². The van der Waals surface area contributed by atoms with E-state index in [2.05, 4.69) is 9.97 Å². The van der Waals surface area contributed by atoms with E-state index in [1.54, 1.807) is 12.1 Å². The van der Waals surface area contributed by atoms with Gasteiger partial charge in [-0.15, -0.1) is 0 Å². The molecule has 0 fully saturated rings. The fraction of sp³-hybridized carbons (Fsp3) is 0.200. The van der Waals surface area contributed by atoms with Crippen molar-refractivity contribution in [3.05, 3.63) is 34.4 Å². The molecule has 0 amide bonds. The maximum Gasteiger partial charge on any atom is 0.258 e. The van der Waals surface area contributed by atoms with E-state index in [0.29, 0.717) is 23.1 Å². The lowest BCUT2D eigenvalue weighted by Crippen LogP contribution is -2.11. The van der Waals surface area contributed by atoms with Crippen molar-refractivity contribution in [2.24, 2.45) is 0 Å². The summed E-state index contributed by atoms with van der Waals surface area (Å²) in [4.78, 5) is 18.3. The Balaban J connectivity index is 2.91. The Labute approximate surface area is 80.2 Å². The van der Waals surface area contributed by atoms with Gasteiger partial charge in [0.15, 0.2) is 0 Å². The Hall–Kier alpha value is -1.84. The highest BCUT2D eigenvalue weighted by atomic mass is 16.3. The van der Waals surface area contributed by atoms with Crippen LogP contribution in [0.25, 0.3) is 10.9 Å². The van der Waals surface area contributed by atoms with Crippen LogP contribution in [-0.4, -0.2) is 15.1 Å². The van der Waals surface area contributed by atoms with Gasteiger partial charge in [-0.2, -0.15) is 0 Å². The first-order valence-corrected chi connectivity index (χ1v) is 4.43. The van der Waals surface area contributed by atoms with E-state index in [4.69, 9.17) is 0 Å². The third-order valence-electron chi connectivity index (χ3n) is 2.10. The largest absolute Gasteiger partial charge is 0.506 e. The van der Waals surface area contributed by atoms with E-state index in [1.807, 2.05) is 6.92 Å². The number of hydrogen-bond donors (Lipinski definition) is 2. The molecule has 2 rings (SSSR count). The third kappa shape index (κ3) is 1.25. The van der Waals surface area contributed by atoms with Gasteiger partial charge < -0.3 is 10.1 Å². The number of fused-ring (bicyclic) bond motifs is 1. The van der Waals surface area contributed by atoms with Crippen LogP contribution in [0.5, 0.6) is 5.75 Å². The molecule has 14 heavy (non-hydrogen) atoms. The number of benzene rings is 1. The lowest BCUT2D eigenvalue weighted by molar-refractivity contribution is 0.480. The van der Waals surface area contributed by atoms with Crippen LogP contribution in [0.3, 0.4) is 0 Å². The second-order valence-electron chi connectivity index (χ2n) is 3.04. The van der Waals surface area contributed by atoms with Crippen LogP contribution in [0.1, 0.15) is 12.7 Å². The summed E-state index contributed by atoms with van der Waals surface area (Å²) in [6, 6.07) is 4.79. The quantitative estimate of drug-likeness (QED) is 0.709. The van der Waals surface area contributed by atoms with Gasteiger partial charge in [0.2, 0.25) is 0 Å². The molecule has 2 aromatic rings. The molecule has 1 heterocycles. The first kappa shape index (κ1) is 8.74. The molecule has 0 saturated carbocycles. The Bertz CT molecular complexity index is 531. The maximum atomic E-state index is 11.5. The van der Waals surface area contributed by atoms with Crippen LogP contribution in [0.2, 0.25) is 0 Å². The number of aromatic hydroxyl groups is 1. The summed E-state index contributed by atoms with van der Waals surface area (Å²) in [5, 5.41) is 9.92. The molecule has 1 aromatic heterocycles. The molecule has 0 atom stereocenters. The third-order valence-corrected chi connectivity index (χ3v) is 2.10. The first-order valence-electron chi connectivity index (χ1n) is 4.43. The molecule has 4 heteroatoms. The summed E-state index contributed by atoms with van der Waals surface area (Å²) in [6.45, 7) is 1.89. The summed E-state index contributed by atoms with van der Waals surface area (Å²) >= 11 is 0. The minimum atomic E-state index is -0.206. The van der Waals surface area contributed by atoms with E-state index in [0.717, 1.165) is 0 Å². The van der Waals surface area contributed by atoms with Crippen molar-refractivity contribution >= 4 is 10.9 Å². The van der Waals surface area contributed by atoms with E-state index in [1.165, 1.54) is 6.07 Å². The van der Waals surface area contributed by atoms with Crippen LogP contribution in [-0.2, 0) is 6.42 Å². The number of phenols is 1. The number of nitrogens with one attached hydrogen (secondary N) is 1. The summed E-state index contributed by atoms with van der Waals surface area (Å²) in [5.74, 6) is 0.632. The number of rotatable bonds is 1. The SMILES string of the molecule is CCc1nc2c(O)cccc2c(=O)[nH]1. The van der Waals surface area contributed by atoms with E-state index in [-0.39, 0.29) is 11.3 Å². The van der Waals surface area contributed by atoms with Gasteiger partial charge in [-0.3, -0.25) is 4.79 Å². The lowest BCUT2D eigenvalue weighted by Gasteiger charge is -2.01. The number of aryl methyl sites for hydroxylation is 1. The van der Waals surface area contributed by atoms with Crippen LogP contribution in [0, 0.1) is 0 Å². The molecule has 0 bridgehead atoms. The minimum Gasteiger partial charge on any atom is -0.506 e. The maximum absolute atomic E-state index is 11.5. The minimum absolute atomic E-state index is 0.0447. The van der Waals surface area contributed by atoms with Crippen molar-refractivity contribution in [3.63, 3.8) is 0 Å². The second-order valence-corrected chi connectivity index (χ2v) is 3.04. The number of aromatic amines is 1. The molecule has 2 N–H and O–H groups in total. The number of hydrogen-bond acceptors (Lipinski definition) is 3. The average Bonchev–Trinajstić information content (AvgIpc) is 2.19. The first-order chi connectivity index (χ1) is 6.72. The van der Waals surface area contributed by atoms with Gasteiger partial charge in [-0.25, -0.2) is 4.98 Å². The Kier molecular flexibility index (Phi) is 1.96. The zero-order chi connectivity index (χ0) is 10.1. The van der Waals surface area contributed by atoms with E-state index in [9.17, 15) is 9.90 Å². The highest BCUT2D eigenvalue weighted by Gasteiger charge is 2.05. The molecule has 0 aliphatic rings. The number of aromatic nitrogens is 2. The molecule has 72 valence electrons. The predicted molar refractivity (Wildman–Crippen MR) is 53.4 cm³/mol. The normalized spacial score (nSPS) is 10.6.